The Hall–Kier alpha value is -1.91. The van der Waals surface area contributed by atoms with Crippen molar-refractivity contribution in [1.82, 2.24) is 23.6 Å². The summed E-state index contributed by atoms with van der Waals surface area (Å²) in [5.41, 5.74) is 3.94. The van der Waals surface area contributed by atoms with Crippen molar-refractivity contribution in [3.05, 3.63) is 51.8 Å². The maximum atomic E-state index is 13.7. The van der Waals surface area contributed by atoms with E-state index in [-0.39, 0.29) is 11.9 Å². The summed E-state index contributed by atoms with van der Waals surface area (Å²) in [4.78, 5) is 20.4. The van der Waals surface area contributed by atoms with E-state index in [9.17, 15) is 13.2 Å². The van der Waals surface area contributed by atoms with Crippen LogP contribution in [0.1, 0.15) is 54.6 Å². The zero-order valence-corrected chi connectivity index (χ0v) is 25.1. The van der Waals surface area contributed by atoms with Crippen molar-refractivity contribution in [2.45, 2.75) is 76.5 Å². The first kappa shape index (κ1) is 28.6. The number of benzene rings is 1. The van der Waals surface area contributed by atoms with E-state index >= 15 is 0 Å². The maximum absolute atomic E-state index is 13.7. The smallest absolute Gasteiger partial charge is 0.243 e. The Labute approximate surface area is 238 Å². The Morgan fingerprint density at radius 2 is 1.74 bits per heavy atom. The fourth-order valence-corrected chi connectivity index (χ4v) is 8.48. The van der Waals surface area contributed by atoms with Crippen molar-refractivity contribution < 1.29 is 13.2 Å². The third-order valence-corrected chi connectivity index (χ3v) is 11.3. The number of nitrogens with zero attached hydrogens (tertiary/aromatic N) is 5. The first-order valence-electron chi connectivity index (χ1n) is 14.3. The van der Waals surface area contributed by atoms with Crippen LogP contribution in [0.5, 0.6) is 0 Å². The van der Waals surface area contributed by atoms with Crippen LogP contribution in [-0.2, 0) is 34.5 Å². The normalized spacial score (nSPS) is 21.7. The molecule has 2 aromatic rings. The number of hydrogen-bond donors (Lipinski definition) is 0. The number of hydrogen-bond acceptors (Lipinski definition) is 5. The SMILES string of the molecule is Cc1cc(S(=O)(=O)N2CCCCC2CCC(=O)N2CCn3c(CN4CCN(C)CC4)ccc3C2)c(C)cc1Cl. The Balaban J connectivity index is 1.20. The number of fused-ring (bicyclic) bond motifs is 1. The van der Waals surface area contributed by atoms with Crippen molar-refractivity contribution >= 4 is 27.5 Å². The van der Waals surface area contributed by atoms with E-state index in [0.29, 0.717) is 48.0 Å². The molecule has 5 rings (SSSR count). The molecule has 1 aromatic carbocycles. The number of piperidine rings is 1. The van der Waals surface area contributed by atoms with Gasteiger partial charge >= 0.3 is 0 Å². The van der Waals surface area contributed by atoms with Gasteiger partial charge in [0.1, 0.15) is 0 Å². The molecular weight excluding hydrogens is 534 g/mol. The molecular formula is C29H42ClN5O3S. The fraction of sp³-hybridized carbons (Fsp3) is 0.621. The summed E-state index contributed by atoms with van der Waals surface area (Å²) in [6.07, 6.45) is 3.53. The monoisotopic (exact) mass is 575 g/mol. The highest BCUT2D eigenvalue weighted by atomic mass is 35.5. The second kappa shape index (κ2) is 11.9. The molecule has 0 bridgehead atoms. The van der Waals surface area contributed by atoms with Gasteiger partial charge < -0.3 is 14.4 Å². The van der Waals surface area contributed by atoms with Crippen LogP contribution in [0.15, 0.2) is 29.2 Å². The molecule has 0 aliphatic carbocycles. The van der Waals surface area contributed by atoms with Gasteiger partial charge in [0, 0.05) is 81.2 Å². The Kier molecular flexibility index (Phi) is 8.74. The molecule has 3 aliphatic rings. The molecule has 2 saturated heterocycles. The van der Waals surface area contributed by atoms with Crippen molar-refractivity contribution in [1.29, 1.82) is 0 Å². The highest BCUT2D eigenvalue weighted by Crippen LogP contribution is 2.32. The van der Waals surface area contributed by atoms with E-state index in [2.05, 4.69) is 33.5 Å². The van der Waals surface area contributed by atoms with Crippen LogP contribution in [0, 0.1) is 13.8 Å². The molecule has 0 saturated carbocycles. The maximum Gasteiger partial charge on any atom is 0.243 e. The van der Waals surface area contributed by atoms with E-state index in [1.807, 2.05) is 11.8 Å². The number of rotatable bonds is 7. The van der Waals surface area contributed by atoms with E-state index in [1.54, 1.807) is 23.4 Å². The van der Waals surface area contributed by atoms with E-state index in [1.165, 1.54) is 11.4 Å². The lowest BCUT2D eigenvalue weighted by molar-refractivity contribution is -0.133. The van der Waals surface area contributed by atoms with Gasteiger partial charge in [-0.05, 0) is 75.5 Å². The molecule has 0 N–H and O–H groups in total. The number of carbonyl (C=O) groups excluding carboxylic acids is 1. The number of likely N-dealkylation sites (N-methyl/N-ethyl adjacent to an activating group) is 1. The Bertz CT molecular complexity index is 1300. The van der Waals surface area contributed by atoms with Crippen molar-refractivity contribution in [3.63, 3.8) is 0 Å². The summed E-state index contributed by atoms with van der Waals surface area (Å²) >= 11 is 6.23. The van der Waals surface area contributed by atoms with Crippen LogP contribution in [0.25, 0.3) is 0 Å². The number of amides is 1. The zero-order valence-electron chi connectivity index (χ0n) is 23.5. The predicted octanol–water partition coefficient (Wildman–Crippen LogP) is 3.87. The molecule has 8 nitrogen and oxygen atoms in total. The molecule has 4 heterocycles. The van der Waals surface area contributed by atoms with Gasteiger partial charge in [0.2, 0.25) is 15.9 Å². The molecule has 3 aliphatic heterocycles. The fourth-order valence-electron chi connectivity index (χ4n) is 6.25. The van der Waals surface area contributed by atoms with Gasteiger partial charge in [-0.2, -0.15) is 4.31 Å². The third-order valence-electron chi connectivity index (χ3n) is 8.75. The summed E-state index contributed by atoms with van der Waals surface area (Å²) in [5, 5.41) is 0.575. The summed E-state index contributed by atoms with van der Waals surface area (Å²) in [6, 6.07) is 7.63. The standard InChI is InChI=1S/C29H42ClN5O3S/c1-22-19-28(23(2)18-27(22)30)39(37,38)35-11-5-4-6-24(35)9-10-29(36)33-16-17-34-25(7-8-26(34)21-33)20-32-14-12-31(3)13-15-32/h7-8,18-19,24H,4-6,9-17,20-21H2,1-3H3. The van der Waals surface area contributed by atoms with Crippen LogP contribution in [0.4, 0.5) is 0 Å². The van der Waals surface area contributed by atoms with Crippen molar-refractivity contribution in [2.75, 3.05) is 46.3 Å². The molecule has 1 aromatic heterocycles. The lowest BCUT2D eigenvalue weighted by Gasteiger charge is -2.36. The molecule has 1 atom stereocenters. The molecule has 10 heteroatoms. The lowest BCUT2D eigenvalue weighted by Crippen LogP contribution is -2.45. The summed E-state index contributed by atoms with van der Waals surface area (Å²) < 4.78 is 31.4. The van der Waals surface area contributed by atoms with Crippen LogP contribution >= 0.6 is 11.6 Å². The van der Waals surface area contributed by atoms with Gasteiger partial charge in [-0.3, -0.25) is 9.69 Å². The molecule has 39 heavy (non-hydrogen) atoms. The molecule has 1 amide bonds. The van der Waals surface area contributed by atoms with Gasteiger partial charge in [0.15, 0.2) is 0 Å². The number of aromatic nitrogens is 1. The van der Waals surface area contributed by atoms with Gasteiger partial charge in [-0.25, -0.2) is 8.42 Å². The zero-order chi connectivity index (χ0) is 27.7. The number of carbonyl (C=O) groups is 1. The number of piperazine rings is 1. The minimum atomic E-state index is -3.67. The van der Waals surface area contributed by atoms with Crippen molar-refractivity contribution in [2.24, 2.45) is 0 Å². The molecule has 0 radical (unpaired) electrons. The van der Waals surface area contributed by atoms with Crippen LogP contribution < -0.4 is 0 Å². The van der Waals surface area contributed by atoms with E-state index < -0.39 is 10.0 Å². The highest BCUT2D eigenvalue weighted by molar-refractivity contribution is 7.89. The van der Waals surface area contributed by atoms with E-state index in [0.717, 1.165) is 64.1 Å². The van der Waals surface area contributed by atoms with Gasteiger partial charge in [0.05, 0.1) is 11.4 Å². The topological polar surface area (TPSA) is 69.1 Å². The Morgan fingerprint density at radius 1 is 0.974 bits per heavy atom. The summed E-state index contributed by atoms with van der Waals surface area (Å²) in [7, 11) is -1.49. The largest absolute Gasteiger partial charge is 0.344 e. The van der Waals surface area contributed by atoms with Gasteiger partial charge in [0.25, 0.3) is 0 Å². The van der Waals surface area contributed by atoms with Crippen LogP contribution in [0.2, 0.25) is 5.02 Å². The predicted molar refractivity (Wildman–Crippen MR) is 154 cm³/mol. The van der Waals surface area contributed by atoms with Crippen molar-refractivity contribution in [3.8, 4) is 0 Å². The second-order valence-electron chi connectivity index (χ2n) is 11.5. The average Bonchev–Trinajstić information content (AvgIpc) is 3.32. The quantitative estimate of drug-likeness (QED) is 0.501. The van der Waals surface area contributed by atoms with Gasteiger partial charge in [-0.15, -0.1) is 0 Å². The number of halogens is 1. The van der Waals surface area contributed by atoms with Gasteiger partial charge in [-0.1, -0.05) is 18.0 Å². The minimum Gasteiger partial charge on any atom is -0.344 e. The number of sulfonamides is 1. The minimum absolute atomic E-state index is 0.115. The Morgan fingerprint density at radius 3 is 2.51 bits per heavy atom. The first-order chi connectivity index (χ1) is 18.6. The highest BCUT2D eigenvalue weighted by Gasteiger charge is 2.35. The summed E-state index contributed by atoms with van der Waals surface area (Å²) in [6.45, 7) is 11.6. The van der Waals surface area contributed by atoms with E-state index in [4.69, 9.17) is 11.6 Å². The first-order valence-corrected chi connectivity index (χ1v) is 16.1. The second-order valence-corrected chi connectivity index (χ2v) is 13.8. The third kappa shape index (κ3) is 6.22. The summed E-state index contributed by atoms with van der Waals surface area (Å²) in [5.74, 6) is 0.115. The van der Waals surface area contributed by atoms with Crippen LogP contribution in [0.3, 0.4) is 0 Å². The number of aryl methyl sites for hydroxylation is 2. The molecule has 1 unspecified atom stereocenters. The molecule has 0 spiro atoms. The lowest BCUT2D eigenvalue weighted by atomic mass is 10.00. The molecule has 214 valence electrons. The average molecular weight is 576 g/mol. The molecule has 2 fully saturated rings. The van der Waals surface area contributed by atoms with Crippen LogP contribution in [-0.4, -0.2) is 90.3 Å².